The third-order valence-corrected chi connectivity index (χ3v) is 3.22. The Hall–Kier alpha value is -1.04. The Balaban J connectivity index is 0.00000162. The van der Waals surface area contributed by atoms with Gasteiger partial charge in [0.05, 0.1) is 5.56 Å². The quantitative estimate of drug-likeness (QED) is 0.812. The lowest BCUT2D eigenvalue weighted by atomic mass is 10.1. The second-order valence-corrected chi connectivity index (χ2v) is 4.50. The molecule has 2 rings (SSSR count). The van der Waals surface area contributed by atoms with Crippen LogP contribution in [0.3, 0.4) is 0 Å². The van der Waals surface area contributed by atoms with Gasteiger partial charge in [-0.3, -0.25) is 0 Å². The number of hydrogen-bond acceptors (Lipinski definition) is 4. The Morgan fingerprint density at radius 3 is 2.56 bits per heavy atom. The standard InChI is InChI=1S/C11H14ClN3O2.ClH/c12-10-8(11(16)17)1-2-9(14-10)15-5-3-7(13)4-6-15;/h1-2,7H,3-6,13H2,(H,16,17);1H. The topological polar surface area (TPSA) is 79.5 Å². The van der Waals surface area contributed by atoms with Gasteiger partial charge >= 0.3 is 5.97 Å². The van der Waals surface area contributed by atoms with Crippen molar-refractivity contribution in [1.82, 2.24) is 4.98 Å². The van der Waals surface area contributed by atoms with Crippen LogP contribution in [0.1, 0.15) is 23.2 Å². The van der Waals surface area contributed by atoms with Crippen molar-refractivity contribution >= 4 is 35.8 Å². The van der Waals surface area contributed by atoms with E-state index < -0.39 is 5.97 Å². The van der Waals surface area contributed by atoms with Crippen LogP contribution in [0, 0.1) is 0 Å². The van der Waals surface area contributed by atoms with Gasteiger partial charge in [-0.1, -0.05) is 11.6 Å². The summed E-state index contributed by atoms with van der Waals surface area (Å²) in [7, 11) is 0. The maximum absolute atomic E-state index is 10.8. The fraction of sp³-hybridized carbons (Fsp3) is 0.455. The summed E-state index contributed by atoms with van der Waals surface area (Å²) in [6.45, 7) is 1.66. The zero-order chi connectivity index (χ0) is 12.4. The lowest BCUT2D eigenvalue weighted by Crippen LogP contribution is -2.40. The highest BCUT2D eigenvalue weighted by atomic mass is 35.5. The van der Waals surface area contributed by atoms with E-state index in [0.29, 0.717) is 5.82 Å². The SMILES string of the molecule is Cl.NC1CCN(c2ccc(C(=O)O)c(Cl)n2)CC1. The van der Waals surface area contributed by atoms with Crippen molar-refractivity contribution in [2.45, 2.75) is 18.9 Å². The molecule has 0 amide bonds. The molecule has 18 heavy (non-hydrogen) atoms. The van der Waals surface area contributed by atoms with E-state index in [1.165, 1.54) is 6.07 Å². The molecule has 0 atom stereocenters. The van der Waals surface area contributed by atoms with Crippen LogP contribution in [0.2, 0.25) is 5.15 Å². The molecule has 0 saturated carbocycles. The van der Waals surface area contributed by atoms with Crippen molar-refractivity contribution < 1.29 is 9.90 Å². The molecule has 0 unspecified atom stereocenters. The van der Waals surface area contributed by atoms with Crippen molar-refractivity contribution in [2.75, 3.05) is 18.0 Å². The Morgan fingerprint density at radius 1 is 1.44 bits per heavy atom. The van der Waals surface area contributed by atoms with Gasteiger partial charge in [0.25, 0.3) is 0 Å². The lowest BCUT2D eigenvalue weighted by molar-refractivity contribution is 0.0696. The molecule has 0 aliphatic carbocycles. The van der Waals surface area contributed by atoms with Crippen LogP contribution in [-0.4, -0.2) is 35.2 Å². The van der Waals surface area contributed by atoms with Gasteiger partial charge in [0.1, 0.15) is 11.0 Å². The molecule has 1 aromatic rings. The van der Waals surface area contributed by atoms with Gasteiger partial charge < -0.3 is 15.7 Å². The van der Waals surface area contributed by atoms with Gasteiger partial charge in [-0.2, -0.15) is 0 Å². The van der Waals surface area contributed by atoms with E-state index in [4.69, 9.17) is 22.4 Å². The average molecular weight is 292 g/mol. The molecule has 5 nitrogen and oxygen atoms in total. The van der Waals surface area contributed by atoms with E-state index in [2.05, 4.69) is 9.88 Å². The van der Waals surface area contributed by atoms with Crippen LogP contribution < -0.4 is 10.6 Å². The van der Waals surface area contributed by atoms with E-state index in [1.54, 1.807) is 6.07 Å². The average Bonchev–Trinajstić information content (AvgIpc) is 2.29. The molecule has 100 valence electrons. The maximum Gasteiger partial charge on any atom is 0.338 e. The van der Waals surface area contributed by atoms with E-state index in [9.17, 15) is 4.79 Å². The number of hydrogen-bond donors (Lipinski definition) is 2. The van der Waals surface area contributed by atoms with Gasteiger partial charge in [0, 0.05) is 19.1 Å². The third-order valence-electron chi connectivity index (χ3n) is 2.93. The van der Waals surface area contributed by atoms with Gasteiger partial charge in [-0.25, -0.2) is 9.78 Å². The summed E-state index contributed by atoms with van der Waals surface area (Å²) in [5.41, 5.74) is 5.85. The molecule has 2 heterocycles. The molecular formula is C11H15Cl2N3O2. The minimum Gasteiger partial charge on any atom is -0.478 e. The zero-order valence-corrected chi connectivity index (χ0v) is 11.2. The molecule has 3 N–H and O–H groups in total. The number of nitrogens with two attached hydrogens (primary N) is 1. The molecule has 0 bridgehead atoms. The number of anilines is 1. The molecule has 1 fully saturated rings. The van der Waals surface area contributed by atoms with Crippen molar-refractivity contribution in [3.05, 3.63) is 22.8 Å². The van der Waals surface area contributed by atoms with Crippen LogP contribution in [0.25, 0.3) is 0 Å². The first-order chi connectivity index (χ1) is 8.08. The first-order valence-corrected chi connectivity index (χ1v) is 5.86. The normalized spacial score (nSPS) is 16.2. The Labute approximate surface area is 116 Å². The first-order valence-electron chi connectivity index (χ1n) is 5.48. The lowest BCUT2D eigenvalue weighted by Gasteiger charge is -2.31. The van der Waals surface area contributed by atoms with E-state index in [-0.39, 0.29) is 29.2 Å². The largest absolute Gasteiger partial charge is 0.478 e. The second-order valence-electron chi connectivity index (χ2n) is 4.14. The van der Waals surface area contributed by atoms with Crippen LogP contribution in [0.5, 0.6) is 0 Å². The van der Waals surface area contributed by atoms with Crippen molar-refractivity contribution in [3.8, 4) is 0 Å². The van der Waals surface area contributed by atoms with Crippen LogP contribution in [-0.2, 0) is 0 Å². The molecule has 7 heteroatoms. The van der Waals surface area contributed by atoms with Crippen molar-refractivity contribution in [2.24, 2.45) is 5.73 Å². The number of nitrogens with zero attached hydrogens (tertiary/aromatic N) is 2. The monoisotopic (exact) mass is 291 g/mol. The predicted molar refractivity (Wildman–Crippen MR) is 72.9 cm³/mol. The number of aromatic nitrogens is 1. The molecule has 1 saturated heterocycles. The molecular weight excluding hydrogens is 277 g/mol. The van der Waals surface area contributed by atoms with Crippen LogP contribution >= 0.6 is 24.0 Å². The molecule has 0 spiro atoms. The summed E-state index contributed by atoms with van der Waals surface area (Å²) in [6.07, 6.45) is 1.83. The van der Waals surface area contributed by atoms with Gasteiger partial charge in [0.2, 0.25) is 0 Å². The van der Waals surface area contributed by atoms with Crippen molar-refractivity contribution in [1.29, 1.82) is 0 Å². The number of rotatable bonds is 2. The molecule has 1 aliphatic rings. The number of aromatic carboxylic acids is 1. The second kappa shape index (κ2) is 6.22. The molecule has 1 aromatic heterocycles. The molecule has 1 aliphatic heterocycles. The minimum atomic E-state index is -1.06. The van der Waals surface area contributed by atoms with E-state index >= 15 is 0 Å². The fourth-order valence-corrected chi connectivity index (χ4v) is 2.12. The molecule has 0 aromatic carbocycles. The molecule has 0 radical (unpaired) electrons. The van der Waals surface area contributed by atoms with Gasteiger partial charge in [-0.05, 0) is 25.0 Å². The first kappa shape index (κ1) is 15.0. The summed E-state index contributed by atoms with van der Waals surface area (Å²) in [6, 6.07) is 3.42. The summed E-state index contributed by atoms with van der Waals surface area (Å²) in [5.74, 6) is -0.346. The van der Waals surface area contributed by atoms with Crippen molar-refractivity contribution in [3.63, 3.8) is 0 Å². The number of carbonyl (C=O) groups is 1. The van der Waals surface area contributed by atoms with Gasteiger partial charge in [0.15, 0.2) is 0 Å². The number of carboxylic acid groups (broad SMARTS) is 1. The highest BCUT2D eigenvalue weighted by molar-refractivity contribution is 6.32. The fourth-order valence-electron chi connectivity index (χ4n) is 1.89. The maximum atomic E-state index is 10.8. The zero-order valence-electron chi connectivity index (χ0n) is 9.67. The Morgan fingerprint density at radius 2 is 2.06 bits per heavy atom. The van der Waals surface area contributed by atoms with E-state index in [1.807, 2.05) is 0 Å². The van der Waals surface area contributed by atoms with Gasteiger partial charge in [-0.15, -0.1) is 12.4 Å². The number of piperidine rings is 1. The number of halogens is 2. The highest BCUT2D eigenvalue weighted by Crippen LogP contribution is 2.22. The summed E-state index contributed by atoms with van der Waals surface area (Å²) < 4.78 is 0. The van der Waals surface area contributed by atoms with Crippen LogP contribution in [0.4, 0.5) is 5.82 Å². The minimum absolute atomic E-state index is 0. The number of carboxylic acids is 1. The predicted octanol–water partition coefficient (Wildman–Crippen LogP) is 1.78. The smallest absolute Gasteiger partial charge is 0.338 e. The van der Waals surface area contributed by atoms with Crippen LogP contribution in [0.15, 0.2) is 12.1 Å². The number of pyridine rings is 1. The summed E-state index contributed by atoms with van der Waals surface area (Å²) in [4.78, 5) is 17.0. The Bertz CT molecular complexity index is 434. The third kappa shape index (κ3) is 3.25. The summed E-state index contributed by atoms with van der Waals surface area (Å²) in [5, 5.41) is 8.88. The highest BCUT2D eigenvalue weighted by Gasteiger charge is 2.19. The summed E-state index contributed by atoms with van der Waals surface area (Å²) >= 11 is 5.83. The van der Waals surface area contributed by atoms with E-state index in [0.717, 1.165) is 25.9 Å². The Kier molecular flexibility index (Phi) is 5.19.